The highest BCUT2D eigenvalue weighted by molar-refractivity contribution is 4.89. The van der Waals surface area contributed by atoms with Gasteiger partial charge in [-0.25, -0.2) is 0 Å². The van der Waals surface area contributed by atoms with Crippen molar-refractivity contribution in [2.75, 3.05) is 19.8 Å². The monoisotopic (exact) mass is 288 g/mol. The summed E-state index contributed by atoms with van der Waals surface area (Å²) in [4.78, 5) is 0. The lowest BCUT2D eigenvalue weighted by Crippen LogP contribution is -2.42. The molecule has 0 aromatic carbocycles. The smallest absolute Gasteiger partial charge is 0.114 e. The summed E-state index contributed by atoms with van der Waals surface area (Å²) in [6, 6.07) is 0. The van der Waals surface area contributed by atoms with Crippen LogP contribution >= 0.6 is 0 Å². The fraction of sp³-hybridized carbons (Fsp3) is 0.867. The van der Waals surface area contributed by atoms with Crippen molar-refractivity contribution >= 4 is 0 Å². The molecule has 1 saturated heterocycles. The average Bonchev–Trinajstić information content (AvgIpc) is 2.82. The molecule has 0 aliphatic carbocycles. The quantitative estimate of drug-likeness (QED) is 0.391. The normalized spacial score (nSPS) is 27.6. The predicted octanol–water partition coefficient (Wildman–Crippen LogP) is 1.01. The molecule has 5 nitrogen and oxygen atoms in total. The molecule has 1 aliphatic rings. The van der Waals surface area contributed by atoms with Crippen molar-refractivity contribution in [1.29, 1.82) is 0 Å². The van der Waals surface area contributed by atoms with E-state index in [1.54, 1.807) is 0 Å². The third kappa shape index (κ3) is 5.89. The highest BCUT2D eigenvalue weighted by Crippen LogP contribution is 2.21. The lowest BCUT2D eigenvalue weighted by atomic mass is 10.1. The third-order valence-electron chi connectivity index (χ3n) is 3.59. The number of allylic oxidation sites excluding steroid dienone is 1. The van der Waals surface area contributed by atoms with Gasteiger partial charge in [-0.05, 0) is 19.3 Å². The van der Waals surface area contributed by atoms with Crippen LogP contribution in [-0.4, -0.2) is 59.6 Å². The summed E-state index contributed by atoms with van der Waals surface area (Å²) in [6.45, 7) is 3.99. The number of hydrogen-bond donors (Lipinski definition) is 3. The first-order chi connectivity index (χ1) is 9.70. The van der Waals surface area contributed by atoms with Gasteiger partial charge in [0, 0.05) is 6.61 Å². The van der Waals surface area contributed by atoms with Gasteiger partial charge in [0.1, 0.15) is 24.4 Å². The van der Waals surface area contributed by atoms with Gasteiger partial charge < -0.3 is 24.8 Å². The standard InChI is InChI=1S/C15H28O5/c1-2-3-4-5-6-7-8-9-19-15-13(18)11-20-14(15)12(17)10-16/h2,12-18H,1,3-11H2/t12-,13+,14+,15+/m1/s1. The van der Waals surface area contributed by atoms with Crippen LogP contribution in [0, 0.1) is 0 Å². The molecule has 4 atom stereocenters. The fourth-order valence-corrected chi connectivity index (χ4v) is 2.40. The fourth-order valence-electron chi connectivity index (χ4n) is 2.40. The molecule has 20 heavy (non-hydrogen) atoms. The lowest BCUT2D eigenvalue weighted by Gasteiger charge is -2.23. The molecule has 1 aliphatic heterocycles. The van der Waals surface area contributed by atoms with E-state index in [4.69, 9.17) is 14.6 Å². The van der Waals surface area contributed by atoms with Crippen molar-refractivity contribution in [3.63, 3.8) is 0 Å². The van der Waals surface area contributed by atoms with E-state index in [-0.39, 0.29) is 13.2 Å². The Hall–Kier alpha value is -0.460. The van der Waals surface area contributed by atoms with E-state index >= 15 is 0 Å². The summed E-state index contributed by atoms with van der Waals surface area (Å²) < 4.78 is 10.9. The zero-order chi connectivity index (χ0) is 14.8. The van der Waals surface area contributed by atoms with Crippen molar-refractivity contribution in [3.8, 4) is 0 Å². The molecule has 1 heterocycles. The number of rotatable bonds is 11. The van der Waals surface area contributed by atoms with E-state index in [1.165, 1.54) is 19.3 Å². The molecule has 0 aromatic rings. The van der Waals surface area contributed by atoms with Crippen molar-refractivity contribution in [1.82, 2.24) is 0 Å². The first kappa shape index (κ1) is 17.6. The number of unbranched alkanes of at least 4 members (excludes halogenated alkanes) is 5. The maximum atomic E-state index is 9.75. The first-order valence-electron chi connectivity index (χ1n) is 7.51. The van der Waals surface area contributed by atoms with Gasteiger partial charge in [-0.2, -0.15) is 0 Å². The molecule has 3 N–H and O–H groups in total. The van der Waals surface area contributed by atoms with E-state index in [0.717, 1.165) is 19.3 Å². The summed E-state index contributed by atoms with van der Waals surface area (Å²) in [5, 5.41) is 28.3. The van der Waals surface area contributed by atoms with Crippen LogP contribution in [0.4, 0.5) is 0 Å². The van der Waals surface area contributed by atoms with Crippen molar-refractivity contribution < 1.29 is 24.8 Å². The number of aliphatic hydroxyl groups is 3. The van der Waals surface area contributed by atoms with E-state index in [2.05, 4.69) is 6.58 Å². The maximum absolute atomic E-state index is 9.75. The first-order valence-corrected chi connectivity index (χ1v) is 7.51. The Labute approximate surface area is 121 Å². The highest BCUT2D eigenvalue weighted by Gasteiger charge is 2.40. The second-order valence-electron chi connectivity index (χ2n) is 5.30. The Morgan fingerprint density at radius 1 is 1.25 bits per heavy atom. The summed E-state index contributed by atoms with van der Waals surface area (Å²) in [5.41, 5.74) is 0. The third-order valence-corrected chi connectivity index (χ3v) is 3.59. The van der Waals surface area contributed by atoms with Crippen molar-refractivity contribution in [2.24, 2.45) is 0 Å². The molecule has 0 unspecified atom stereocenters. The molecule has 0 aromatic heterocycles. The molecule has 0 amide bonds. The van der Waals surface area contributed by atoms with Gasteiger partial charge in [0.05, 0.1) is 13.2 Å². The van der Waals surface area contributed by atoms with Gasteiger partial charge in [-0.15, -0.1) is 6.58 Å². The second kappa shape index (κ2) is 10.3. The van der Waals surface area contributed by atoms with E-state index < -0.39 is 24.4 Å². The lowest BCUT2D eigenvalue weighted by molar-refractivity contribution is -0.0938. The minimum atomic E-state index is -1.00. The Morgan fingerprint density at radius 3 is 2.65 bits per heavy atom. The Kier molecular flexibility index (Phi) is 9.05. The van der Waals surface area contributed by atoms with Crippen molar-refractivity contribution in [3.05, 3.63) is 12.7 Å². The minimum absolute atomic E-state index is 0.147. The zero-order valence-electron chi connectivity index (χ0n) is 12.1. The van der Waals surface area contributed by atoms with Crippen LogP contribution in [0.2, 0.25) is 0 Å². The predicted molar refractivity (Wildman–Crippen MR) is 76.5 cm³/mol. The SMILES string of the molecule is C=CCCCCCCCO[C@@H]1[C@H]([C@H](O)CO)OC[C@@H]1O. The molecule has 0 bridgehead atoms. The topological polar surface area (TPSA) is 79.2 Å². The average molecular weight is 288 g/mol. The Balaban J connectivity index is 2.11. The van der Waals surface area contributed by atoms with Gasteiger partial charge in [0.15, 0.2) is 0 Å². The van der Waals surface area contributed by atoms with Crippen molar-refractivity contribution in [2.45, 2.75) is 62.9 Å². The van der Waals surface area contributed by atoms with Crippen LogP contribution in [0.25, 0.3) is 0 Å². The van der Waals surface area contributed by atoms with Crippen LogP contribution < -0.4 is 0 Å². The Morgan fingerprint density at radius 2 is 1.95 bits per heavy atom. The molecule has 118 valence electrons. The highest BCUT2D eigenvalue weighted by atomic mass is 16.6. The van der Waals surface area contributed by atoms with E-state index in [0.29, 0.717) is 6.61 Å². The number of ether oxygens (including phenoxy) is 2. The van der Waals surface area contributed by atoms with Gasteiger partial charge in [-0.3, -0.25) is 0 Å². The molecular formula is C15H28O5. The summed E-state index contributed by atoms with van der Waals surface area (Å²) in [6.07, 6.45) is 5.68. The van der Waals surface area contributed by atoms with Gasteiger partial charge in [-0.1, -0.05) is 25.3 Å². The summed E-state index contributed by atoms with van der Waals surface area (Å²) in [5.74, 6) is 0. The summed E-state index contributed by atoms with van der Waals surface area (Å²) >= 11 is 0. The number of hydrogen-bond acceptors (Lipinski definition) is 5. The molecule has 5 heteroatoms. The van der Waals surface area contributed by atoms with Crippen LogP contribution in [-0.2, 0) is 9.47 Å². The molecule has 0 spiro atoms. The molecule has 0 saturated carbocycles. The number of aliphatic hydroxyl groups excluding tert-OH is 3. The van der Waals surface area contributed by atoms with Gasteiger partial charge in [0.2, 0.25) is 0 Å². The molecule has 0 radical (unpaired) electrons. The Bertz CT molecular complexity index is 259. The molecule has 1 fully saturated rings. The maximum Gasteiger partial charge on any atom is 0.114 e. The van der Waals surface area contributed by atoms with Crippen LogP contribution in [0.5, 0.6) is 0 Å². The summed E-state index contributed by atoms with van der Waals surface area (Å²) in [7, 11) is 0. The zero-order valence-corrected chi connectivity index (χ0v) is 12.1. The van der Waals surface area contributed by atoms with Crippen LogP contribution in [0.3, 0.4) is 0 Å². The second-order valence-corrected chi connectivity index (χ2v) is 5.30. The molecule has 1 rings (SSSR count). The van der Waals surface area contributed by atoms with Gasteiger partial charge in [0.25, 0.3) is 0 Å². The van der Waals surface area contributed by atoms with Gasteiger partial charge >= 0.3 is 0 Å². The van der Waals surface area contributed by atoms with Crippen LogP contribution in [0.15, 0.2) is 12.7 Å². The van der Waals surface area contributed by atoms with Crippen LogP contribution in [0.1, 0.15) is 38.5 Å². The van der Waals surface area contributed by atoms with E-state index in [1.807, 2.05) is 6.08 Å². The largest absolute Gasteiger partial charge is 0.394 e. The van der Waals surface area contributed by atoms with E-state index in [9.17, 15) is 10.2 Å². The molecular weight excluding hydrogens is 260 g/mol. The minimum Gasteiger partial charge on any atom is -0.394 e.